The second-order valence-electron chi connectivity index (χ2n) is 4.85. The van der Waals surface area contributed by atoms with Crippen LogP contribution in [0.2, 0.25) is 0 Å². The highest BCUT2D eigenvalue weighted by molar-refractivity contribution is 5.73. The minimum absolute atomic E-state index is 0.0314. The van der Waals surface area contributed by atoms with Crippen molar-refractivity contribution in [3.05, 3.63) is 53.7 Å². The fourth-order valence-electron chi connectivity index (χ4n) is 1.76. The molecule has 2 rings (SSSR count). The fourth-order valence-corrected chi connectivity index (χ4v) is 1.76. The van der Waals surface area contributed by atoms with Crippen LogP contribution in [-0.2, 0) is 13.1 Å². The van der Waals surface area contributed by atoms with Gasteiger partial charge in [0.2, 0.25) is 0 Å². The van der Waals surface area contributed by atoms with Gasteiger partial charge in [-0.2, -0.15) is 0 Å². The third kappa shape index (κ3) is 4.41. The van der Waals surface area contributed by atoms with Crippen LogP contribution in [0.5, 0.6) is 0 Å². The molecule has 0 unspecified atom stereocenters. The summed E-state index contributed by atoms with van der Waals surface area (Å²) in [6.07, 6.45) is 1.48. The number of carbonyl (C=O) groups excluding carboxylic acids is 1. The monoisotopic (exact) mass is 303 g/mol. The number of carbonyl (C=O) groups is 1. The predicted octanol–water partition coefficient (Wildman–Crippen LogP) is 1.68. The summed E-state index contributed by atoms with van der Waals surface area (Å²) in [7, 11) is 3.79. The molecule has 2 N–H and O–H groups in total. The van der Waals surface area contributed by atoms with Crippen LogP contribution in [0.15, 0.2) is 36.5 Å². The molecule has 0 aliphatic rings. The number of pyridine rings is 2. The highest BCUT2D eigenvalue weighted by atomic mass is 19.1. The van der Waals surface area contributed by atoms with Gasteiger partial charge in [0.15, 0.2) is 0 Å². The molecule has 0 fully saturated rings. The Hall–Kier alpha value is -2.70. The van der Waals surface area contributed by atoms with Crippen molar-refractivity contribution >= 4 is 11.8 Å². The van der Waals surface area contributed by atoms with Gasteiger partial charge in [-0.05, 0) is 24.3 Å². The first kappa shape index (κ1) is 15.7. The molecular weight excluding hydrogens is 285 g/mol. The first-order valence-corrected chi connectivity index (χ1v) is 6.80. The van der Waals surface area contributed by atoms with Gasteiger partial charge in [-0.3, -0.25) is 4.98 Å². The summed E-state index contributed by atoms with van der Waals surface area (Å²) < 4.78 is 13.4. The third-order valence-electron chi connectivity index (χ3n) is 2.93. The van der Waals surface area contributed by atoms with E-state index < -0.39 is 11.8 Å². The van der Waals surface area contributed by atoms with Crippen molar-refractivity contribution in [2.24, 2.45) is 0 Å². The van der Waals surface area contributed by atoms with Crippen LogP contribution >= 0.6 is 0 Å². The Labute approximate surface area is 128 Å². The topological polar surface area (TPSA) is 70.2 Å². The van der Waals surface area contributed by atoms with Crippen molar-refractivity contribution in [3.8, 4) is 0 Å². The molecule has 22 heavy (non-hydrogen) atoms. The van der Waals surface area contributed by atoms with Crippen molar-refractivity contribution < 1.29 is 9.18 Å². The van der Waals surface area contributed by atoms with Gasteiger partial charge in [-0.1, -0.05) is 6.07 Å². The van der Waals surface area contributed by atoms with Crippen LogP contribution in [0, 0.1) is 5.82 Å². The number of amides is 2. The lowest BCUT2D eigenvalue weighted by molar-refractivity contribution is 0.239. The van der Waals surface area contributed by atoms with E-state index in [-0.39, 0.29) is 18.8 Å². The van der Waals surface area contributed by atoms with Crippen LogP contribution < -0.4 is 15.5 Å². The Morgan fingerprint density at radius 3 is 2.68 bits per heavy atom. The standard InChI is InChI=1S/C15H18FN5O/c1-21(2)14-7-3-5-11(20-14)9-18-15(22)19-10-13-12(16)6-4-8-17-13/h3-8H,9-10H2,1-2H3,(H2,18,19,22). The number of anilines is 1. The maximum absolute atomic E-state index is 13.4. The predicted molar refractivity (Wildman–Crippen MR) is 81.8 cm³/mol. The van der Waals surface area contributed by atoms with Crippen LogP contribution in [0.25, 0.3) is 0 Å². The number of nitrogens with one attached hydrogen (secondary N) is 2. The van der Waals surface area contributed by atoms with Crippen LogP contribution in [0.4, 0.5) is 15.0 Å². The molecule has 0 spiro atoms. The lowest BCUT2D eigenvalue weighted by atomic mass is 10.3. The molecule has 2 heterocycles. The number of rotatable bonds is 5. The highest BCUT2D eigenvalue weighted by Gasteiger charge is 2.06. The van der Waals surface area contributed by atoms with E-state index in [0.29, 0.717) is 0 Å². The summed E-state index contributed by atoms with van der Waals surface area (Å²) >= 11 is 0. The van der Waals surface area contributed by atoms with Crippen molar-refractivity contribution in [1.29, 1.82) is 0 Å². The van der Waals surface area contributed by atoms with Gasteiger partial charge in [0, 0.05) is 20.3 Å². The van der Waals surface area contributed by atoms with E-state index in [4.69, 9.17) is 0 Å². The molecule has 0 aliphatic heterocycles. The van der Waals surface area contributed by atoms with Gasteiger partial charge in [0.25, 0.3) is 0 Å². The third-order valence-corrected chi connectivity index (χ3v) is 2.93. The Morgan fingerprint density at radius 2 is 1.95 bits per heavy atom. The number of hydrogen-bond donors (Lipinski definition) is 2. The van der Waals surface area contributed by atoms with E-state index >= 15 is 0 Å². The van der Waals surface area contributed by atoms with E-state index in [1.807, 2.05) is 37.2 Å². The Kier molecular flexibility index (Phi) is 5.24. The van der Waals surface area contributed by atoms with E-state index in [0.717, 1.165) is 11.5 Å². The Morgan fingerprint density at radius 1 is 1.18 bits per heavy atom. The SMILES string of the molecule is CN(C)c1cccc(CNC(=O)NCc2ncccc2F)n1. The van der Waals surface area contributed by atoms with E-state index in [1.165, 1.54) is 18.3 Å². The molecule has 0 saturated carbocycles. The average molecular weight is 303 g/mol. The summed E-state index contributed by atoms with van der Waals surface area (Å²) in [6, 6.07) is 7.99. The first-order valence-electron chi connectivity index (χ1n) is 6.80. The quantitative estimate of drug-likeness (QED) is 0.882. The molecule has 0 bridgehead atoms. The number of aromatic nitrogens is 2. The van der Waals surface area contributed by atoms with Gasteiger partial charge < -0.3 is 15.5 Å². The molecule has 116 valence electrons. The maximum atomic E-state index is 13.4. The zero-order valence-corrected chi connectivity index (χ0v) is 12.5. The van der Waals surface area contributed by atoms with Gasteiger partial charge in [-0.15, -0.1) is 0 Å². The van der Waals surface area contributed by atoms with Crippen molar-refractivity contribution in [1.82, 2.24) is 20.6 Å². The lowest BCUT2D eigenvalue weighted by Crippen LogP contribution is -2.35. The number of hydrogen-bond acceptors (Lipinski definition) is 4. The molecule has 0 atom stereocenters. The van der Waals surface area contributed by atoms with Crippen molar-refractivity contribution in [2.45, 2.75) is 13.1 Å². The summed E-state index contributed by atoms with van der Waals surface area (Å²) in [6.45, 7) is 0.321. The summed E-state index contributed by atoms with van der Waals surface area (Å²) in [4.78, 5) is 21.8. The second-order valence-corrected chi connectivity index (χ2v) is 4.85. The summed E-state index contributed by atoms with van der Waals surface area (Å²) in [5.41, 5.74) is 0.941. The number of nitrogens with zero attached hydrogens (tertiary/aromatic N) is 3. The molecule has 7 heteroatoms. The van der Waals surface area contributed by atoms with Gasteiger partial charge in [0.1, 0.15) is 11.6 Å². The Balaban J connectivity index is 1.83. The van der Waals surface area contributed by atoms with Gasteiger partial charge in [-0.25, -0.2) is 14.2 Å². The van der Waals surface area contributed by atoms with E-state index in [1.54, 1.807) is 0 Å². The Bertz CT molecular complexity index is 647. The molecule has 0 aromatic carbocycles. The average Bonchev–Trinajstić information content (AvgIpc) is 2.52. The van der Waals surface area contributed by atoms with E-state index in [9.17, 15) is 9.18 Å². The number of halogens is 1. The van der Waals surface area contributed by atoms with Crippen LogP contribution in [0.1, 0.15) is 11.4 Å². The van der Waals surface area contributed by atoms with E-state index in [2.05, 4.69) is 20.6 Å². The largest absolute Gasteiger partial charge is 0.363 e. The summed E-state index contributed by atoms with van der Waals surface area (Å²) in [5, 5.41) is 5.23. The van der Waals surface area contributed by atoms with Gasteiger partial charge in [0.05, 0.1) is 24.5 Å². The maximum Gasteiger partial charge on any atom is 0.315 e. The minimum Gasteiger partial charge on any atom is -0.363 e. The molecule has 2 aromatic heterocycles. The summed E-state index contributed by atoms with van der Waals surface area (Å²) in [5.74, 6) is 0.374. The molecule has 2 amide bonds. The minimum atomic E-state index is -0.442. The van der Waals surface area contributed by atoms with Gasteiger partial charge >= 0.3 is 6.03 Å². The zero-order valence-electron chi connectivity index (χ0n) is 12.5. The second kappa shape index (κ2) is 7.35. The first-order chi connectivity index (χ1) is 10.6. The van der Waals surface area contributed by atoms with Crippen LogP contribution in [-0.4, -0.2) is 30.1 Å². The molecule has 0 saturated heterocycles. The molecule has 0 radical (unpaired) electrons. The van der Waals surface area contributed by atoms with Crippen molar-refractivity contribution in [3.63, 3.8) is 0 Å². The highest BCUT2D eigenvalue weighted by Crippen LogP contribution is 2.07. The normalized spacial score (nSPS) is 10.1. The van der Waals surface area contributed by atoms with Crippen molar-refractivity contribution in [2.75, 3.05) is 19.0 Å². The number of urea groups is 1. The smallest absolute Gasteiger partial charge is 0.315 e. The molecule has 2 aromatic rings. The lowest BCUT2D eigenvalue weighted by Gasteiger charge is -2.12. The van der Waals surface area contributed by atoms with Crippen LogP contribution in [0.3, 0.4) is 0 Å². The molecule has 6 nitrogen and oxygen atoms in total. The molecule has 0 aliphatic carbocycles. The molecular formula is C15H18FN5O. The zero-order chi connectivity index (χ0) is 15.9. The fraction of sp³-hybridized carbons (Fsp3) is 0.267.